The van der Waals surface area contributed by atoms with Gasteiger partial charge in [-0.15, -0.1) is 11.3 Å². The molecule has 0 bridgehead atoms. The fourth-order valence-electron chi connectivity index (χ4n) is 2.39. The molecule has 0 aromatic carbocycles. The van der Waals surface area contributed by atoms with Gasteiger partial charge in [0.1, 0.15) is 6.04 Å². The van der Waals surface area contributed by atoms with Crippen molar-refractivity contribution in [2.45, 2.75) is 19.9 Å². The monoisotopic (exact) mass is 253 g/mol. The van der Waals surface area contributed by atoms with Gasteiger partial charge in [0.25, 0.3) is 0 Å². The molecular weight excluding hydrogens is 234 g/mol. The molecule has 1 saturated heterocycles. The smallest absolute Gasteiger partial charge is 0.239 e. The van der Waals surface area contributed by atoms with Crippen molar-refractivity contribution in [2.24, 2.45) is 5.73 Å². The van der Waals surface area contributed by atoms with E-state index in [1.165, 1.54) is 9.75 Å². The summed E-state index contributed by atoms with van der Waals surface area (Å²) >= 11 is 1.73. The van der Waals surface area contributed by atoms with Crippen molar-refractivity contribution in [1.29, 1.82) is 0 Å². The molecular formula is C12H19N3OS. The van der Waals surface area contributed by atoms with E-state index in [1.807, 2.05) is 0 Å². The first kappa shape index (κ1) is 12.5. The second-order valence-corrected chi connectivity index (χ2v) is 5.92. The third-order valence-corrected chi connectivity index (χ3v) is 4.14. The Kier molecular flexibility index (Phi) is 3.81. The van der Waals surface area contributed by atoms with Crippen molar-refractivity contribution in [2.75, 3.05) is 26.2 Å². The molecule has 1 fully saturated rings. The molecule has 5 heteroatoms. The largest absolute Gasteiger partial charge is 0.368 e. The normalized spacial score (nSPS) is 19.2. The van der Waals surface area contributed by atoms with Crippen molar-refractivity contribution in [3.63, 3.8) is 0 Å². The van der Waals surface area contributed by atoms with Gasteiger partial charge in [-0.2, -0.15) is 0 Å². The maximum absolute atomic E-state index is 11.7. The Morgan fingerprint density at radius 3 is 2.59 bits per heavy atom. The van der Waals surface area contributed by atoms with Crippen LogP contribution in [0.3, 0.4) is 0 Å². The number of nitrogens with two attached hydrogens (primary N) is 1. The van der Waals surface area contributed by atoms with E-state index in [0.29, 0.717) is 0 Å². The molecule has 1 atom stereocenters. The molecule has 0 saturated carbocycles. The average Bonchev–Trinajstić information content (AvgIpc) is 2.59. The van der Waals surface area contributed by atoms with Crippen LogP contribution in [-0.2, 0) is 4.79 Å². The van der Waals surface area contributed by atoms with E-state index in [1.54, 1.807) is 11.3 Å². The summed E-state index contributed by atoms with van der Waals surface area (Å²) < 4.78 is 0. The van der Waals surface area contributed by atoms with Crippen LogP contribution in [0.5, 0.6) is 0 Å². The first-order chi connectivity index (χ1) is 8.09. The van der Waals surface area contributed by atoms with E-state index < -0.39 is 0 Å². The third-order valence-electron chi connectivity index (χ3n) is 3.16. The van der Waals surface area contributed by atoms with Gasteiger partial charge in [-0.3, -0.25) is 9.69 Å². The summed E-state index contributed by atoms with van der Waals surface area (Å²) in [6.45, 7) is 7.73. The Morgan fingerprint density at radius 2 is 2.12 bits per heavy atom. The molecule has 2 rings (SSSR count). The lowest BCUT2D eigenvalue weighted by molar-refractivity contribution is -0.123. The number of hydrogen-bond donors (Lipinski definition) is 2. The van der Waals surface area contributed by atoms with Crippen LogP contribution in [-0.4, -0.2) is 37.0 Å². The molecule has 0 radical (unpaired) electrons. The van der Waals surface area contributed by atoms with E-state index in [2.05, 4.69) is 30.1 Å². The zero-order valence-electron chi connectivity index (χ0n) is 10.3. The summed E-state index contributed by atoms with van der Waals surface area (Å²) in [5, 5.41) is 3.29. The molecule has 2 heterocycles. The highest BCUT2D eigenvalue weighted by Gasteiger charge is 2.28. The van der Waals surface area contributed by atoms with Gasteiger partial charge >= 0.3 is 0 Å². The number of nitrogens with zero attached hydrogens (tertiary/aromatic N) is 1. The summed E-state index contributed by atoms with van der Waals surface area (Å²) in [6.07, 6.45) is 0. The number of hydrogen-bond acceptors (Lipinski definition) is 4. The van der Waals surface area contributed by atoms with Crippen LogP contribution in [0.2, 0.25) is 0 Å². The molecule has 94 valence electrons. The van der Waals surface area contributed by atoms with Gasteiger partial charge < -0.3 is 11.1 Å². The summed E-state index contributed by atoms with van der Waals surface area (Å²) in [5.74, 6) is -0.243. The molecule has 0 aliphatic carbocycles. The van der Waals surface area contributed by atoms with Crippen molar-refractivity contribution >= 4 is 17.2 Å². The van der Waals surface area contributed by atoms with E-state index in [9.17, 15) is 4.79 Å². The van der Waals surface area contributed by atoms with Crippen LogP contribution in [0.15, 0.2) is 6.07 Å². The molecule has 1 aromatic heterocycles. The Labute approximate surface area is 106 Å². The van der Waals surface area contributed by atoms with Crippen LogP contribution in [0.1, 0.15) is 21.4 Å². The summed E-state index contributed by atoms with van der Waals surface area (Å²) in [5.41, 5.74) is 6.67. The molecule has 0 spiro atoms. The minimum absolute atomic E-state index is 0.243. The number of amides is 1. The van der Waals surface area contributed by atoms with E-state index in [0.717, 1.165) is 31.7 Å². The number of aryl methyl sites for hydroxylation is 2. The number of thiophene rings is 1. The number of piperazine rings is 1. The maximum atomic E-state index is 11.7. The van der Waals surface area contributed by atoms with Gasteiger partial charge in [0.15, 0.2) is 0 Å². The van der Waals surface area contributed by atoms with Crippen LogP contribution in [0.4, 0.5) is 0 Å². The van der Waals surface area contributed by atoms with Crippen LogP contribution in [0, 0.1) is 13.8 Å². The molecule has 1 unspecified atom stereocenters. The highest BCUT2D eigenvalue weighted by atomic mass is 32.1. The Morgan fingerprint density at radius 1 is 1.47 bits per heavy atom. The molecule has 1 aliphatic rings. The fraction of sp³-hybridized carbons (Fsp3) is 0.583. The fourth-order valence-corrected chi connectivity index (χ4v) is 3.35. The minimum Gasteiger partial charge on any atom is -0.368 e. The zero-order chi connectivity index (χ0) is 12.4. The van der Waals surface area contributed by atoms with Gasteiger partial charge in [-0.1, -0.05) is 0 Å². The van der Waals surface area contributed by atoms with Gasteiger partial charge in [-0.25, -0.2) is 0 Å². The summed E-state index contributed by atoms with van der Waals surface area (Å²) in [4.78, 5) is 16.3. The molecule has 1 aliphatic heterocycles. The number of nitrogens with one attached hydrogen (secondary N) is 1. The highest BCUT2D eigenvalue weighted by Crippen LogP contribution is 2.30. The van der Waals surface area contributed by atoms with Gasteiger partial charge in [0.05, 0.1) is 0 Å². The Bertz CT molecular complexity index is 410. The highest BCUT2D eigenvalue weighted by molar-refractivity contribution is 7.12. The summed E-state index contributed by atoms with van der Waals surface area (Å²) in [7, 11) is 0. The predicted molar refractivity (Wildman–Crippen MR) is 70.2 cm³/mol. The number of carbonyl (C=O) groups is 1. The van der Waals surface area contributed by atoms with Crippen molar-refractivity contribution in [1.82, 2.24) is 10.2 Å². The number of rotatable bonds is 3. The van der Waals surface area contributed by atoms with Crippen molar-refractivity contribution in [3.05, 3.63) is 21.4 Å². The lowest BCUT2D eigenvalue weighted by atomic mass is 10.0. The van der Waals surface area contributed by atoms with Crippen LogP contribution >= 0.6 is 11.3 Å². The quantitative estimate of drug-likeness (QED) is 0.837. The molecule has 3 N–H and O–H groups in total. The Balaban J connectivity index is 2.28. The zero-order valence-corrected chi connectivity index (χ0v) is 11.1. The van der Waals surface area contributed by atoms with Gasteiger partial charge in [0.2, 0.25) is 5.91 Å². The topological polar surface area (TPSA) is 58.4 Å². The summed E-state index contributed by atoms with van der Waals surface area (Å²) in [6, 6.07) is 1.83. The second kappa shape index (κ2) is 5.16. The van der Waals surface area contributed by atoms with Gasteiger partial charge in [-0.05, 0) is 25.5 Å². The molecule has 1 amide bonds. The van der Waals surface area contributed by atoms with Crippen LogP contribution < -0.4 is 11.1 Å². The lowest BCUT2D eigenvalue weighted by Crippen LogP contribution is -2.48. The number of carbonyl (C=O) groups excluding carboxylic acids is 1. The standard InChI is InChI=1S/C12H19N3OS/c1-8-7-10(9(2)17-8)11(12(13)16)15-5-3-14-4-6-15/h7,11,14H,3-6H2,1-2H3,(H2,13,16). The molecule has 17 heavy (non-hydrogen) atoms. The van der Waals surface area contributed by atoms with E-state index in [4.69, 9.17) is 5.73 Å². The Hall–Kier alpha value is -0.910. The first-order valence-corrected chi connectivity index (χ1v) is 6.72. The van der Waals surface area contributed by atoms with Crippen molar-refractivity contribution in [3.8, 4) is 0 Å². The van der Waals surface area contributed by atoms with E-state index >= 15 is 0 Å². The minimum atomic E-state index is -0.262. The SMILES string of the molecule is Cc1cc(C(C(N)=O)N2CCNCC2)c(C)s1. The van der Waals surface area contributed by atoms with Crippen molar-refractivity contribution < 1.29 is 4.79 Å². The lowest BCUT2D eigenvalue weighted by Gasteiger charge is -2.33. The number of primary amides is 1. The predicted octanol–water partition coefficient (Wildman–Crippen LogP) is 0.797. The third kappa shape index (κ3) is 2.68. The van der Waals surface area contributed by atoms with E-state index in [-0.39, 0.29) is 11.9 Å². The first-order valence-electron chi connectivity index (χ1n) is 5.90. The maximum Gasteiger partial charge on any atom is 0.239 e. The molecule has 4 nitrogen and oxygen atoms in total. The second-order valence-electron chi connectivity index (χ2n) is 4.46. The van der Waals surface area contributed by atoms with Crippen LogP contribution in [0.25, 0.3) is 0 Å². The average molecular weight is 253 g/mol. The van der Waals surface area contributed by atoms with Gasteiger partial charge in [0, 0.05) is 35.9 Å². The molecule has 1 aromatic rings.